The lowest BCUT2D eigenvalue weighted by Gasteiger charge is -2.41. The van der Waals surface area contributed by atoms with E-state index in [1.165, 1.54) is 17.5 Å². The summed E-state index contributed by atoms with van der Waals surface area (Å²) in [6.07, 6.45) is 4.33. The van der Waals surface area contributed by atoms with E-state index in [0.717, 1.165) is 31.4 Å². The zero-order valence-electron chi connectivity index (χ0n) is 16.1. The summed E-state index contributed by atoms with van der Waals surface area (Å²) < 4.78 is 5.29. The Bertz CT molecular complexity index is 768. The molecule has 1 aliphatic carbocycles. The Labute approximate surface area is 157 Å². The first-order valence-electron chi connectivity index (χ1n) is 9.54. The molecule has 138 valence electrons. The van der Waals surface area contributed by atoms with Gasteiger partial charge in [0.1, 0.15) is 0 Å². The molecule has 1 unspecified atom stereocenters. The summed E-state index contributed by atoms with van der Waals surface area (Å²) in [5, 5.41) is 0. The van der Waals surface area contributed by atoms with Crippen molar-refractivity contribution in [3.63, 3.8) is 0 Å². The van der Waals surface area contributed by atoms with Gasteiger partial charge in [0.2, 0.25) is 0 Å². The van der Waals surface area contributed by atoms with Gasteiger partial charge in [-0.2, -0.15) is 0 Å². The third kappa shape index (κ3) is 3.83. The summed E-state index contributed by atoms with van der Waals surface area (Å²) >= 11 is 0. The molecule has 3 heteroatoms. The van der Waals surface area contributed by atoms with Crippen LogP contribution < -0.4 is 0 Å². The Hall–Kier alpha value is -2.13. The molecule has 0 bridgehead atoms. The van der Waals surface area contributed by atoms with Crippen molar-refractivity contribution in [1.29, 1.82) is 0 Å². The fourth-order valence-electron chi connectivity index (χ4n) is 4.46. The van der Waals surface area contributed by atoms with E-state index in [9.17, 15) is 4.79 Å². The number of fused-ring (bicyclic) bond motifs is 1. The van der Waals surface area contributed by atoms with Crippen molar-refractivity contribution in [3.8, 4) is 0 Å². The van der Waals surface area contributed by atoms with E-state index in [1.807, 2.05) is 25.1 Å². The molecule has 2 aromatic rings. The van der Waals surface area contributed by atoms with Gasteiger partial charge in [0.05, 0.1) is 12.2 Å². The number of ether oxygens (including phenoxy) is 1. The Morgan fingerprint density at radius 1 is 1.12 bits per heavy atom. The molecule has 0 saturated heterocycles. The predicted molar refractivity (Wildman–Crippen MR) is 106 cm³/mol. The number of aryl methyl sites for hydroxylation is 1. The number of rotatable bonds is 6. The third-order valence-electron chi connectivity index (χ3n) is 5.35. The zero-order chi connectivity index (χ0) is 18.6. The highest BCUT2D eigenvalue weighted by Crippen LogP contribution is 2.41. The van der Waals surface area contributed by atoms with Gasteiger partial charge >= 0.3 is 5.97 Å². The van der Waals surface area contributed by atoms with E-state index in [0.29, 0.717) is 12.2 Å². The average molecular weight is 351 g/mol. The maximum Gasteiger partial charge on any atom is 0.338 e. The van der Waals surface area contributed by atoms with E-state index >= 15 is 0 Å². The molecule has 26 heavy (non-hydrogen) atoms. The highest BCUT2D eigenvalue weighted by molar-refractivity contribution is 5.91. The number of nitrogens with zero attached hydrogens (tertiary/aromatic N) is 1. The second-order valence-electron chi connectivity index (χ2n) is 7.58. The van der Waals surface area contributed by atoms with E-state index in [1.54, 1.807) is 0 Å². The fraction of sp³-hybridized carbons (Fsp3) is 0.435. The lowest BCUT2D eigenvalue weighted by molar-refractivity contribution is 0.0524. The number of benzene rings is 2. The first-order chi connectivity index (χ1) is 12.6. The van der Waals surface area contributed by atoms with Crippen molar-refractivity contribution in [2.24, 2.45) is 0 Å². The zero-order valence-corrected chi connectivity index (χ0v) is 16.1. The molecular formula is C23H29NO2. The Morgan fingerprint density at radius 2 is 1.85 bits per heavy atom. The van der Waals surface area contributed by atoms with Gasteiger partial charge in [-0.15, -0.1) is 0 Å². The molecule has 0 N–H and O–H groups in total. The summed E-state index contributed by atoms with van der Waals surface area (Å²) in [7, 11) is 4.27. The van der Waals surface area contributed by atoms with Gasteiger partial charge in [0, 0.05) is 12.0 Å². The van der Waals surface area contributed by atoms with Gasteiger partial charge in [-0.1, -0.05) is 42.5 Å². The molecule has 2 aromatic carbocycles. The molecule has 0 aromatic heterocycles. The molecular weight excluding hydrogens is 322 g/mol. The lowest BCUT2D eigenvalue weighted by Crippen LogP contribution is -2.42. The van der Waals surface area contributed by atoms with Gasteiger partial charge < -0.3 is 9.64 Å². The molecule has 1 aliphatic rings. The topological polar surface area (TPSA) is 29.5 Å². The minimum Gasteiger partial charge on any atom is -0.462 e. The summed E-state index contributed by atoms with van der Waals surface area (Å²) in [5.41, 5.74) is 4.72. The first kappa shape index (κ1) is 18.7. The van der Waals surface area contributed by atoms with Crippen LogP contribution in [0.2, 0.25) is 0 Å². The lowest BCUT2D eigenvalue weighted by atomic mass is 9.66. The average Bonchev–Trinajstić information content (AvgIpc) is 2.62. The van der Waals surface area contributed by atoms with Crippen molar-refractivity contribution in [2.75, 3.05) is 27.2 Å². The smallest absolute Gasteiger partial charge is 0.338 e. The molecule has 0 amide bonds. The molecule has 3 rings (SSSR count). The SMILES string of the molecule is CCOC(=O)c1ccccc1CC1(CN(C)C)CCCc2ccccc21. The molecule has 0 aliphatic heterocycles. The number of carbonyl (C=O) groups is 1. The van der Waals surface area contributed by atoms with E-state index in [4.69, 9.17) is 4.74 Å². The van der Waals surface area contributed by atoms with Crippen LogP contribution >= 0.6 is 0 Å². The Kier molecular flexibility index (Phi) is 5.77. The van der Waals surface area contributed by atoms with Crippen LogP contribution in [0.15, 0.2) is 48.5 Å². The fourth-order valence-corrected chi connectivity index (χ4v) is 4.46. The second kappa shape index (κ2) is 8.05. The molecule has 0 fully saturated rings. The number of esters is 1. The van der Waals surface area contributed by atoms with Crippen LogP contribution in [0.1, 0.15) is 46.8 Å². The van der Waals surface area contributed by atoms with Crippen molar-refractivity contribution in [1.82, 2.24) is 4.90 Å². The molecule has 1 atom stereocenters. The first-order valence-corrected chi connectivity index (χ1v) is 9.54. The summed E-state index contributed by atoms with van der Waals surface area (Å²) in [4.78, 5) is 14.7. The third-order valence-corrected chi connectivity index (χ3v) is 5.35. The van der Waals surface area contributed by atoms with Crippen LogP contribution in [0, 0.1) is 0 Å². The summed E-state index contributed by atoms with van der Waals surface area (Å²) in [5.74, 6) is -0.216. The summed E-state index contributed by atoms with van der Waals surface area (Å²) in [6, 6.07) is 16.7. The number of hydrogen-bond acceptors (Lipinski definition) is 3. The maximum atomic E-state index is 12.4. The van der Waals surface area contributed by atoms with Gasteiger partial charge in [0.25, 0.3) is 0 Å². The normalized spacial score (nSPS) is 19.2. The molecule has 0 spiro atoms. The van der Waals surface area contributed by atoms with Gasteiger partial charge in [-0.05, 0) is 69.5 Å². The van der Waals surface area contributed by atoms with E-state index in [-0.39, 0.29) is 11.4 Å². The highest BCUT2D eigenvalue weighted by atomic mass is 16.5. The number of likely N-dealkylation sites (N-methyl/N-ethyl adjacent to an activating group) is 1. The van der Waals surface area contributed by atoms with Crippen LogP contribution in [0.25, 0.3) is 0 Å². The molecule has 0 saturated carbocycles. The van der Waals surface area contributed by atoms with Crippen LogP contribution in [-0.4, -0.2) is 38.1 Å². The summed E-state index contributed by atoms with van der Waals surface area (Å²) in [6.45, 7) is 3.23. The largest absolute Gasteiger partial charge is 0.462 e. The van der Waals surface area contributed by atoms with E-state index in [2.05, 4.69) is 49.3 Å². The second-order valence-corrected chi connectivity index (χ2v) is 7.58. The Balaban J connectivity index is 2.04. The molecule has 3 nitrogen and oxygen atoms in total. The standard InChI is InChI=1S/C23H29NO2/c1-4-26-22(25)20-13-7-5-11-19(20)16-23(17-24(2)3)15-9-12-18-10-6-8-14-21(18)23/h5-8,10-11,13-14H,4,9,12,15-17H2,1-3H3. The van der Waals surface area contributed by atoms with Crippen LogP contribution in [0.3, 0.4) is 0 Å². The Morgan fingerprint density at radius 3 is 2.62 bits per heavy atom. The van der Waals surface area contributed by atoms with Gasteiger partial charge in [0.15, 0.2) is 0 Å². The number of carbonyl (C=O) groups excluding carboxylic acids is 1. The van der Waals surface area contributed by atoms with E-state index < -0.39 is 0 Å². The van der Waals surface area contributed by atoms with Gasteiger partial charge in [-0.3, -0.25) is 0 Å². The van der Waals surface area contributed by atoms with Crippen LogP contribution in [-0.2, 0) is 23.0 Å². The van der Waals surface area contributed by atoms with Crippen molar-refractivity contribution >= 4 is 5.97 Å². The predicted octanol–water partition coefficient (Wildman–Crippen LogP) is 4.24. The number of hydrogen-bond donors (Lipinski definition) is 0. The van der Waals surface area contributed by atoms with Crippen molar-refractivity contribution < 1.29 is 9.53 Å². The quantitative estimate of drug-likeness (QED) is 0.729. The minimum atomic E-state index is -0.216. The van der Waals surface area contributed by atoms with Crippen LogP contribution in [0.4, 0.5) is 0 Å². The monoisotopic (exact) mass is 351 g/mol. The van der Waals surface area contributed by atoms with Crippen LogP contribution in [0.5, 0.6) is 0 Å². The minimum absolute atomic E-state index is 0.0287. The highest BCUT2D eigenvalue weighted by Gasteiger charge is 2.37. The maximum absolute atomic E-state index is 12.4. The molecule has 0 heterocycles. The van der Waals surface area contributed by atoms with Crippen molar-refractivity contribution in [3.05, 3.63) is 70.8 Å². The van der Waals surface area contributed by atoms with Crippen molar-refractivity contribution in [2.45, 2.75) is 38.0 Å². The molecule has 0 radical (unpaired) electrons. The van der Waals surface area contributed by atoms with Gasteiger partial charge in [-0.25, -0.2) is 4.79 Å².